The van der Waals surface area contributed by atoms with Gasteiger partial charge in [-0.15, -0.1) is 0 Å². The Labute approximate surface area is 247 Å². The molecule has 39 heavy (non-hydrogen) atoms. The summed E-state index contributed by atoms with van der Waals surface area (Å²) in [5.74, 6) is 1.61. The summed E-state index contributed by atoms with van der Waals surface area (Å²) in [4.78, 5) is 0. The molecular weight excluding hydrogens is 472 g/mol. The molecule has 2 nitrogen and oxygen atoms in total. The molecule has 0 N–H and O–H groups in total. The minimum absolute atomic E-state index is 1.23. The summed E-state index contributed by atoms with van der Waals surface area (Å²) in [6.07, 6.45) is 45.9. The first-order valence-corrected chi connectivity index (χ1v) is 18.4. The van der Waals surface area contributed by atoms with Crippen LogP contribution < -0.4 is 4.57 Å². The van der Waals surface area contributed by atoms with Crippen LogP contribution >= 0.6 is 0 Å². The van der Waals surface area contributed by atoms with Crippen molar-refractivity contribution < 1.29 is 4.57 Å². The van der Waals surface area contributed by atoms with E-state index in [1.807, 2.05) is 0 Å². The van der Waals surface area contributed by atoms with Crippen LogP contribution in [0.25, 0.3) is 0 Å². The first-order valence-electron chi connectivity index (χ1n) is 18.4. The van der Waals surface area contributed by atoms with E-state index in [9.17, 15) is 0 Å². The van der Waals surface area contributed by atoms with E-state index in [1.165, 1.54) is 199 Å². The maximum atomic E-state index is 2.62. The zero-order chi connectivity index (χ0) is 28.1. The van der Waals surface area contributed by atoms with E-state index in [4.69, 9.17) is 0 Å². The smallest absolute Gasteiger partial charge is 0.234 e. The van der Waals surface area contributed by atoms with E-state index in [0.717, 1.165) is 0 Å². The van der Waals surface area contributed by atoms with Gasteiger partial charge in [0, 0.05) is 6.42 Å². The molecule has 0 aliphatic carbocycles. The summed E-state index contributed by atoms with van der Waals surface area (Å²) < 4.78 is 5.24. The second-order valence-electron chi connectivity index (χ2n) is 12.7. The van der Waals surface area contributed by atoms with Crippen LogP contribution in [0, 0.1) is 0 Å². The summed E-state index contributed by atoms with van der Waals surface area (Å²) in [5.41, 5.74) is 0. The Hall–Kier alpha value is -0.790. The van der Waals surface area contributed by atoms with E-state index in [1.54, 1.807) is 5.82 Å². The van der Waals surface area contributed by atoms with Gasteiger partial charge >= 0.3 is 0 Å². The Morgan fingerprint density at radius 1 is 0.436 bits per heavy atom. The Balaban J connectivity index is 2.24. The summed E-state index contributed by atoms with van der Waals surface area (Å²) in [7, 11) is 0. The number of hydrogen-bond acceptors (Lipinski definition) is 0. The predicted octanol–water partition coefficient (Wildman–Crippen LogP) is 12.3. The van der Waals surface area contributed by atoms with Crippen LogP contribution in [0.4, 0.5) is 0 Å². The molecule has 0 fully saturated rings. The highest BCUT2D eigenvalue weighted by molar-refractivity contribution is 4.84. The third-order valence-electron chi connectivity index (χ3n) is 8.85. The third kappa shape index (κ3) is 21.6. The van der Waals surface area contributed by atoms with Crippen molar-refractivity contribution in [3.63, 3.8) is 0 Å². The summed E-state index contributed by atoms with van der Waals surface area (Å²) in [6, 6.07) is 0. The fourth-order valence-electron chi connectivity index (χ4n) is 6.15. The minimum Gasteiger partial charge on any atom is -0.234 e. The number of unbranched alkanes of at least 4 members (excludes halogenated alkanes) is 25. The largest absolute Gasteiger partial charge is 0.256 e. The highest BCUT2D eigenvalue weighted by Crippen LogP contribution is 2.14. The second-order valence-corrected chi connectivity index (χ2v) is 12.7. The van der Waals surface area contributed by atoms with E-state index >= 15 is 0 Å². The maximum absolute atomic E-state index is 2.62. The lowest BCUT2D eigenvalue weighted by Crippen LogP contribution is -2.37. The van der Waals surface area contributed by atoms with Crippen LogP contribution in [-0.2, 0) is 19.5 Å². The first kappa shape index (κ1) is 36.2. The van der Waals surface area contributed by atoms with Crippen molar-refractivity contribution in [2.24, 2.45) is 0 Å². The molecule has 0 aliphatic rings. The Bertz CT molecular complexity index is 605. The van der Waals surface area contributed by atoms with Gasteiger partial charge in [-0.2, -0.15) is 0 Å². The fourth-order valence-corrected chi connectivity index (χ4v) is 6.15. The molecule has 0 bridgehead atoms. The molecule has 1 rings (SSSR count). The van der Waals surface area contributed by atoms with Gasteiger partial charge in [-0.1, -0.05) is 168 Å². The first-order chi connectivity index (χ1) is 19.3. The van der Waals surface area contributed by atoms with Crippen LogP contribution in [0.1, 0.15) is 206 Å². The van der Waals surface area contributed by atoms with Gasteiger partial charge in [-0.25, -0.2) is 9.13 Å². The number of rotatable bonds is 31. The lowest BCUT2D eigenvalue weighted by atomic mass is 10.0. The van der Waals surface area contributed by atoms with Gasteiger partial charge < -0.3 is 0 Å². The van der Waals surface area contributed by atoms with E-state index < -0.39 is 0 Å². The number of hydrogen-bond donors (Lipinski definition) is 0. The molecule has 0 amide bonds. The SMILES string of the molecule is CCCCCCCCCCCCCCCC[n+]1ccn(CCCCCCCCCC)c1CCCCCCCC. The Morgan fingerprint density at radius 3 is 1.23 bits per heavy atom. The van der Waals surface area contributed by atoms with Crippen molar-refractivity contribution in [2.45, 2.75) is 220 Å². The quantitative estimate of drug-likeness (QED) is 0.0648. The summed E-state index contributed by atoms with van der Waals surface area (Å²) >= 11 is 0. The standard InChI is InChI=1S/C37H73N2/c1-4-7-10-13-16-18-19-20-21-22-23-25-28-31-34-39-36-35-38(33-30-27-24-17-14-11-8-5-2)37(39)32-29-26-15-12-9-6-3/h35-36H,4-34H2,1-3H3/q+1. The number of imidazole rings is 1. The van der Waals surface area contributed by atoms with Crippen LogP contribution in [0.3, 0.4) is 0 Å². The second kappa shape index (κ2) is 28.7. The fraction of sp³-hybridized carbons (Fsp3) is 0.919. The molecule has 1 heterocycles. The van der Waals surface area contributed by atoms with Crippen molar-refractivity contribution in [3.8, 4) is 0 Å². The maximum Gasteiger partial charge on any atom is 0.256 e. The molecule has 0 atom stereocenters. The highest BCUT2D eigenvalue weighted by atomic mass is 15.1. The molecule has 0 aliphatic heterocycles. The number of aryl methyl sites for hydroxylation is 2. The van der Waals surface area contributed by atoms with Gasteiger partial charge in [0.15, 0.2) is 0 Å². The van der Waals surface area contributed by atoms with Gasteiger partial charge in [-0.3, -0.25) is 0 Å². The molecule has 0 saturated carbocycles. The molecule has 0 aromatic carbocycles. The topological polar surface area (TPSA) is 8.81 Å². The molecular formula is C37H73N2+. The molecule has 0 saturated heterocycles. The predicted molar refractivity (Wildman–Crippen MR) is 175 cm³/mol. The van der Waals surface area contributed by atoms with Crippen molar-refractivity contribution >= 4 is 0 Å². The average Bonchev–Trinajstić information content (AvgIpc) is 3.33. The zero-order valence-corrected chi connectivity index (χ0v) is 27.5. The van der Waals surface area contributed by atoms with E-state index in [-0.39, 0.29) is 0 Å². The lowest BCUT2D eigenvalue weighted by Gasteiger charge is -2.07. The minimum atomic E-state index is 1.23. The molecule has 0 radical (unpaired) electrons. The van der Waals surface area contributed by atoms with Gasteiger partial charge in [0.1, 0.15) is 12.4 Å². The van der Waals surface area contributed by atoms with Gasteiger partial charge in [0.05, 0.1) is 13.1 Å². The molecule has 0 unspecified atom stereocenters. The normalized spacial score (nSPS) is 11.6. The van der Waals surface area contributed by atoms with Crippen molar-refractivity contribution in [1.29, 1.82) is 0 Å². The Kier molecular flexibility index (Phi) is 26.7. The highest BCUT2D eigenvalue weighted by Gasteiger charge is 2.16. The Morgan fingerprint density at radius 2 is 0.795 bits per heavy atom. The van der Waals surface area contributed by atoms with Crippen LogP contribution in [-0.4, -0.2) is 4.57 Å². The lowest BCUT2D eigenvalue weighted by molar-refractivity contribution is -0.704. The van der Waals surface area contributed by atoms with Crippen LogP contribution in [0.5, 0.6) is 0 Å². The number of nitrogens with zero attached hydrogens (tertiary/aromatic N) is 2. The number of aromatic nitrogens is 2. The molecule has 2 heteroatoms. The van der Waals surface area contributed by atoms with Gasteiger partial charge in [-0.05, 0) is 32.1 Å². The van der Waals surface area contributed by atoms with Gasteiger partial charge in [0.2, 0.25) is 0 Å². The van der Waals surface area contributed by atoms with Crippen molar-refractivity contribution in [3.05, 3.63) is 18.2 Å². The monoisotopic (exact) mass is 546 g/mol. The summed E-state index contributed by atoms with van der Waals surface area (Å²) in [6.45, 7) is 9.40. The average molecular weight is 546 g/mol. The van der Waals surface area contributed by atoms with Crippen molar-refractivity contribution in [1.82, 2.24) is 4.57 Å². The van der Waals surface area contributed by atoms with Crippen molar-refractivity contribution in [2.75, 3.05) is 0 Å². The third-order valence-corrected chi connectivity index (χ3v) is 8.85. The van der Waals surface area contributed by atoms with E-state index in [2.05, 4.69) is 42.3 Å². The molecule has 230 valence electrons. The molecule has 0 spiro atoms. The summed E-state index contributed by atoms with van der Waals surface area (Å²) in [5, 5.41) is 0. The van der Waals surface area contributed by atoms with Crippen LogP contribution in [0.15, 0.2) is 12.4 Å². The zero-order valence-electron chi connectivity index (χ0n) is 27.5. The van der Waals surface area contributed by atoms with E-state index in [0.29, 0.717) is 0 Å². The van der Waals surface area contributed by atoms with Crippen LogP contribution in [0.2, 0.25) is 0 Å². The molecule has 1 aromatic rings. The van der Waals surface area contributed by atoms with Gasteiger partial charge in [0.25, 0.3) is 5.82 Å². The molecule has 1 aromatic heterocycles.